The molecule has 1 aliphatic carbocycles. The first kappa shape index (κ1) is 22.3. The first-order valence-corrected chi connectivity index (χ1v) is 12.5. The van der Waals surface area contributed by atoms with E-state index in [0.29, 0.717) is 24.1 Å². The molecule has 3 aromatic rings. The largest absolute Gasteiger partial charge is 0.349 e. The molecule has 174 valence electrons. The molecule has 2 atom stereocenters. The highest BCUT2D eigenvalue weighted by atomic mass is 32.1. The van der Waals surface area contributed by atoms with Crippen molar-refractivity contribution in [3.05, 3.63) is 82.0 Å². The minimum atomic E-state index is -0.415. The molecule has 2 fully saturated rings. The van der Waals surface area contributed by atoms with Crippen LogP contribution in [-0.4, -0.2) is 23.8 Å². The molecule has 2 aromatic carbocycles. The minimum absolute atomic E-state index is 0.0186. The highest BCUT2D eigenvalue weighted by molar-refractivity contribution is 7.10. The molecule has 1 aromatic heterocycles. The maximum absolute atomic E-state index is 13.5. The zero-order valence-corrected chi connectivity index (χ0v) is 19.8. The summed E-state index contributed by atoms with van der Waals surface area (Å²) < 4.78 is 0. The van der Waals surface area contributed by atoms with Crippen LogP contribution < -0.4 is 15.5 Å². The predicted octanol–water partition coefficient (Wildman–Crippen LogP) is 5.07. The van der Waals surface area contributed by atoms with Gasteiger partial charge in [0, 0.05) is 34.3 Å². The van der Waals surface area contributed by atoms with E-state index in [4.69, 9.17) is 0 Å². The Morgan fingerprint density at radius 3 is 2.50 bits per heavy atom. The van der Waals surface area contributed by atoms with Gasteiger partial charge in [0.15, 0.2) is 0 Å². The number of nitrogens with zero attached hydrogens (tertiary/aromatic N) is 1. The minimum Gasteiger partial charge on any atom is -0.349 e. The summed E-state index contributed by atoms with van der Waals surface area (Å²) in [4.78, 5) is 41.8. The maximum atomic E-state index is 13.5. The summed E-state index contributed by atoms with van der Waals surface area (Å²) in [6.45, 7) is 2.01. The molecular weight excluding hydrogens is 446 g/mol. The number of rotatable bonds is 6. The highest BCUT2D eigenvalue weighted by Crippen LogP contribution is 2.42. The van der Waals surface area contributed by atoms with Crippen molar-refractivity contribution in [2.45, 2.75) is 44.7 Å². The number of aryl methyl sites for hydroxylation is 1. The van der Waals surface area contributed by atoms with Gasteiger partial charge in [-0.25, -0.2) is 0 Å². The second kappa shape index (κ2) is 9.43. The van der Waals surface area contributed by atoms with Gasteiger partial charge in [-0.2, -0.15) is 0 Å². The molecule has 1 aliphatic heterocycles. The fourth-order valence-electron chi connectivity index (χ4n) is 4.43. The summed E-state index contributed by atoms with van der Waals surface area (Å²) in [6.07, 6.45) is 2.81. The average molecular weight is 474 g/mol. The molecule has 2 heterocycles. The van der Waals surface area contributed by atoms with Crippen LogP contribution in [0.25, 0.3) is 0 Å². The molecule has 0 radical (unpaired) electrons. The topological polar surface area (TPSA) is 78.5 Å². The molecule has 2 unspecified atom stereocenters. The number of hydrogen-bond acceptors (Lipinski definition) is 4. The molecule has 34 heavy (non-hydrogen) atoms. The number of nitrogens with one attached hydrogen (secondary N) is 2. The van der Waals surface area contributed by atoms with Gasteiger partial charge >= 0.3 is 0 Å². The van der Waals surface area contributed by atoms with E-state index in [1.807, 2.05) is 48.7 Å². The molecule has 3 amide bonds. The lowest BCUT2D eigenvalue weighted by atomic mass is 9.86. The van der Waals surface area contributed by atoms with Crippen LogP contribution in [-0.2, 0) is 9.59 Å². The van der Waals surface area contributed by atoms with E-state index in [9.17, 15) is 14.4 Å². The predicted molar refractivity (Wildman–Crippen MR) is 134 cm³/mol. The van der Waals surface area contributed by atoms with E-state index in [0.717, 1.165) is 29.0 Å². The lowest BCUT2D eigenvalue weighted by molar-refractivity contribution is -0.125. The molecule has 1 saturated carbocycles. The zero-order valence-electron chi connectivity index (χ0n) is 19.0. The Hall–Kier alpha value is -3.45. The fraction of sp³-hybridized carbons (Fsp3) is 0.296. The Kier molecular flexibility index (Phi) is 6.20. The van der Waals surface area contributed by atoms with Crippen LogP contribution in [0.15, 0.2) is 66.0 Å². The number of carbonyl (C=O) groups excluding carboxylic acids is 3. The van der Waals surface area contributed by atoms with Crippen LogP contribution in [0.1, 0.15) is 52.5 Å². The van der Waals surface area contributed by atoms with Gasteiger partial charge in [0.05, 0.1) is 12.0 Å². The number of piperidine rings is 1. The van der Waals surface area contributed by atoms with Gasteiger partial charge in [-0.05, 0) is 68.0 Å². The van der Waals surface area contributed by atoms with E-state index in [1.54, 1.807) is 40.5 Å². The van der Waals surface area contributed by atoms with E-state index in [1.165, 1.54) is 0 Å². The molecule has 5 rings (SSSR count). The quantitative estimate of drug-likeness (QED) is 0.525. The SMILES string of the molecule is Cc1ccc(N2C(=O)CCC(C(=O)Nc3cccc(C(=O)NC4CC4)c3)C2c2cccs2)cc1. The van der Waals surface area contributed by atoms with E-state index < -0.39 is 5.92 Å². The van der Waals surface area contributed by atoms with Crippen molar-refractivity contribution in [2.24, 2.45) is 5.92 Å². The van der Waals surface area contributed by atoms with Crippen LogP contribution in [0, 0.1) is 12.8 Å². The third-order valence-corrected chi connectivity index (χ3v) is 7.33. The van der Waals surface area contributed by atoms with E-state index in [-0.39, 0.29) is 29.8 Å². The van der Waals surface area contributed by atoms with Gasteiger partial charge in [-0.3, -0.25) is 14.4 Å². The fourth-order valence-corrected chi connectivity index (χ4v) is 5.31. The maximum Gasteiger partial charge on any atom is 0.251 e. The van der Waals surface area contributed by atoms with Crippen molar-refractivity contribution < 1.29 is 14.4 Å². The third kappa shape index (κ3) is 4.75. The van der Waals surface area contributed by atoms with Crippen molar-refractivity contribution in [3.63, 3.8) is 0 Å². The van der Waals surface area contributed by atoms with Crippen molar-refractivity contribution in [3.8, 4) is 0 Å². The Labute approximate surface area is 203 Å². The lowest BCUT2D eigenvalue weighted by Gasteiger charge is -2.40. The number of benzene rings is 2. The molecule has 1 saturated heterocycles. The van der Waals surface area contributed by atoms with Gasteiger partial charge in [-0.1, -0.05) is 29.8 Å². The van der Waals surface area contributed by atoms with Crippen molar-refractivity contribution in [1.29, 1.82) is 0 Å². The summed E-state index contributed by atoms with van der Waals surface area (Å²) in [7, 11) is 0. The molecule has 7 heteroatoms. The summed E-state index contributed by atoms with van der Waals surface area (Å²) in [5.41, 5.74) is 3.02. The van der Waals surface area contributed by atoms with Gasteiger partial charge in [-0.15, -0.1) is 11.3 Å². The molecule has 0 bridgehead atoms. The summed E-state index contributed by atoms with van der Waals surface area (Å²) in [5.74, 6) is -0.668. The van der Waals surface area contributed by atoms with Gasteiger partial charge in [0.1, 0.15) is 0 Å². The van der Waals surface area contributed by atoms with Crippen LogP contribution in [0.3, 0.4) is 0 Å². The van der Waals surface area contributed by atoms with Crippen molar-refractivity contribution in [1.82, 2.24) is 5.32 Å². The van der Waals surface area contributed by atoms with Crippen LogP contribution >= 0.6 is 11.3 Å². The molecule has 6 nitrogen and oxygen atoms in total. The molecule has 2 N–H and O–H groups in total. The molecule has 2 aliphatic rings. The normalized spacial score (nSPS) is 20.1. The summed E-state index contributed by atoms with van der Waals surface area (Å²) in [6, 6.07) is 18.7. The Morgan fingerprint density at radius 2 is 1.79 bits per heavy atom. The summed E-state index contributed by atoms with van der Waals surface area (Å²) in [5, 5.41) is 7.96. The number of hydrogen-bond donors (Lipinski definition) is 2. The first-order chi connectivity index (χ1) is 16.5. The average Bonchev–Trinajstić information content (AvgIpc) is 3.48. The Balaban J connectivity index is 1.41. The van der Waals surface area contributed by atoms with Crippen LogP contribution in [0.5, 0.6) is 0 Å². The standard InChI is InChI=1S/C27H27N3O3S/c1-17-7-11-21(12-8-17)30-24(31)14-13-22(25(30)23-6-3-15-34-23)27(33)29-20-5-2-4-18(16-20)26(32)28-19-9-10-19/h2-8,11-12,15-16,19,22,25H,9-10,13-14H2,1H3,(H,28,32)(H,29,33). The smallest absolute Gasteiger partial charge is 0.251 e. The van der Waals surface area contributed by atoms with E-state index >= 15 is 0 Å². The van der Waals surface area contributed by atoms with Crippen LogP contribution in [0.4, 0.5) is 11.4 Å². The Morgan fingerprint density at radius 1 is 1.00 bits per heavy atom. The number of amides is 3. The Bertz CT molecular complexity index is 1200. The second-order valence-electron chi connectivity index (χ2n) is 9.02. The van der Waals surface area contributed by atoms with Crippen LogP contribution in [0.2, 0.25) is 0 Å². The third-order valence-electron chi connectivity index (χ3n) is 6.39. The monoisotopic (exact) mass is 473 g/mol. The number of anilines is 2. The molecular formula is C27H27N3O3S. The van der Waals surface area contributed by atoms with Crippen molar-refractivity contribution >= 4 is 40.4 Å². The van der Waals surface area contributed by atoms with Crippen molar-refractivity contribution in [2.75, 3.05) is 10.2 Å². The van der Waals surface area contributed by atoms with E-state index in [2.05, 4.69) is 10.6 Å². The second-order valence-corrected chi connectivity index (χ2v) is 10.0. The van der Waals surface area contributed by atoms with Gasteiger partial charge in [0.2, 0.25) is 11.8 Å². The highest BCUT2D eigenvalue weighted by Gasteiger charge is 2.42. The lowest BCUT2D eigenvalue weighted by Crippen LogP contribution is -2.46. The number of carbonyl (C=O) groups is 3. The molecule has 0 spiro atoms. The van der Waals surface area contributed by atoms with Gasteiger partial charge < -0.3 is 15.5 Å². The first-order valence-electron chi connectivity index (χ1n) is 11.6. The summed E-state index contributed by atoms with van der Waals surface area (Å²) >= 11 is 1.55. The van der Waals surface area contributed by atoms with Gasteiger partial charge in [0.25, 0.3) is 5.91 Å². The number of thiophene rings is 1. The zero-order chi connectivity index (χ0) is 23.7.